The number of rotatable bonds is 3. The van der Waals surface area contributed by atoms with Gasteiger partial charge in [-0.25, -0.2) is 14.1 Å². The molecule has 21 heavy (non-hydrogen) atoms. The van der Waals surface area contributed by atoms with Gasteiger partial charge in [-0.3, -0.25) is 0 Å². The number of pyridine rings is 1. The summed E-state index contributed by atoms with van der Waals surface area (Å²) in [6.07, 6.45) is 1.65. The predicted octanol–water partition coefficient (Wildman–Crippen LogP) is 3.13. The molecule has 0 unspecified atom stereocenters. The fraction of sp³-hybridized carbons (Fsp3) is 0.0714. The van der Waals surface area contributed by atoms with Gasteiger partial charge in [-0.1, -0.05) is 22.9 Å². The van der Waals surface area contributed by atoms with Gasteiger partial charge < -0.3 is 4.74 Å². The van der Waals surface area contributed by atoms with Gasteiger partial charge in [0.2, 0.25) is 0 Å². The van der Waals surface area contributed by atoms with E-state index >= 15 is 0 Å². The van der Waals surface area contributed by atoms with Gasteiger partial charge in [0.1, 0.15) is 10.8 Å². The number of aromatic nitrogens is 4. The van der Waals surface area contributed by atoms with Gasteiger partial charge in [-0.15, -0.1) is 5.10 Å². The summed E-state index contributed by atoms with van der Waals surface area (Å²) in [5.41, 5.74) is 1.12. The van der Waals surface area contributed by atoms with Crippen molar-refractivity contribution in [3.63, 3.8) is 0 Å². The summed E-state index contributed by atoms with van der Waals surface area (Å²) in [5.74, 6) is 0.267. The lowest BCUT2D eigenvalue weighted by Gasteiger charge is -2.02. The standard InChI is InChI=1S/C14H10ClFN4O/c1-21-12-6-5-9(7-10(12)16)11-8-20(19-18-11)14-4-2-3-13(15)17-14/h2-8H,1H3. The van der Waals surface area contributed by atoms with Crippen LogP contribution in [0.2, 0.25) is 5.15 Å². The van der Waals surface area contributed by atoms with Crippen LogP contribution in [0, 0.1) is 5.82 Å². The third-order valence-corrected chi connectivity index (χ3v) is 3.09. The van der Waals surface area contributed by atoms with Crippen molar-refractivity contribution in [3.8, 4) is 22.8 Å². The van der Waals surface area contributed by atoms with E-state index in [9.17, 15) is 4.39 Å². The van der Waals surface area contributed by atoms with Crippen LogP contribution in [0.4, 0.5) is 4.39 Å². The second kappa shape index (κ2) is 5.49. The van der Waals surface area contributed by atoms with E-state index in [1.54, 1.807) is 36.5 Å². The lowest BCUT2D eigenvalue weighted by Crippen LogP contribution is -1.97. The Balaban J connectivity index is 1.96. The van der Waals surface area contributed by atoms with E-state index in [0.717, 1.165) is 0 Å². The molecule has 0 radical (unpaired) electrons. The van der Waals surface area contributed by atoms with Gasteiger partial charge in [0.05, 0.1) is 13.3 Å². The van der Waals surface area contributed by atoms with Crippen molar-refractivity contribution in [1.29, 1.82) is 0 Å². The average Bonchev–Trinajstić information content (AvgIpc) is 2.97. The topological polar surface area (TPSA) is 52.8 Å². The molecule has 0 atom stereocenters. The van der Waals surface area contributed by atoms with E-state index in [-0.39, 0.29) is 5.75 Å². The van der Waals surface area contributed by atoms with Gasteiger partial charge in [0.25, 0.3) is 0 Å². The molecule has 3 aromatic rings. The van der Waals surface area contributed by atoms with Gasteiger partial charge >= 0.3 is 0 Å². The third kappa shape index (κ3) is 2.71. The summed E-state index contributed by atoms with van der Waals surface area (Å²) in [6.45, 7) is 0. The van der Waals surface area contributed by atoms with Crippen LogP contribution in [0.25, 0.3) is 17.1 Å². The molecule has 0 fully saturated rings. The highest BCUT2D eigenvalue weighted by molar-refractivity contribution is 6.29. The van der Waals surface area contributed by atoms with Crippen LogP contribution in [0.3, 0.4) is 0 Å². The maximum absolute atomic E-state index is 13.7. The Kier molecular flexibility index (Phi) is 3.53. The summed E-state index contributed by atoms with van der Waals surface area (Å²) < 4.78 is 20.1. The van der Waals surface area contributed by atoms with Gasteiger partial charge in [-0.05, 0) is 30.3 Å². The van der Waals surface area contributed by atoms with Crippen molar-refractivity contribution in [2.45, 2.75) is 0 Å². The summed E-state index contributed by atoms with van der Waals surface area (Å²) in [4.78, 5) is 4.13. The molecule has 0 amide bonds. The Morgan fingerprint density at radius 3 is 2.81 bits per heavy atom. The first-order valence-electron chi connectivity index (χ1n) is 6.06. The van der Waals surface area contributed by atoms with E-state index in [1.807, 2.05) is 0 Å². The molecule has 106 valence electrons. The van der Waals surface area contributed by atoms with E-state index in [0.29, 0.717) is 22.2 Å². The maximum atomic E-state index is 13.7. The molecule has 0 N–H and O–H groups in total. The first kappa shape index (κ1) is 13.5. The third-order valence-electron chi connectivity index (χ3n) is 2.88. The van der Waals surface area contributed by atoms with Gasteiger partial charge in [0, 0.05) is 5.56 Å². The van der Waals surface area contributed by atoms with Crippen molar-refractivity contribution >= 4 is 11.6 Å². The molecule has 0 aliphatic carbocycles. The van der Waals surface area contributed by atoms with Crippen molar-refractivity contribution < 1.29 is 9.13 Å². The summed E-state index contributed by atoms with van der Waals surface area (Å²) in [7, 11) is 1.42. The van der Waals surface area contributed by atoms with E-state index in [2.05, 4.69) is 15.3 Å². The minimum Gasteiger partial charge on any atom is -0.494 e. The summed E-state index contributed by atoms with van der Waals surface area (Å²) in [5, 5.41) is 8.34. The average molecular weight is 305 g/mol. The van der Waals surface area contributed by atoms with Crippen LogP contribution in [-0.4, -0.2) is 27.1 Å². The van der Waals surface area contributed by atoms with Crippen LogP contribution in [0.1, 0.15) is 0 Å². The normalized spacial score (nSPS) is 10.6. The van der Waals surface area contributed by atoms with Gasteiger partial charge in [0.15, 0.2) is 17.4 Å². The maximum Gasteiger partial charge on any atom is 0.165 e. The highest BCUT2D eigenvalue weighted by atomic mass is 35.5. The van der Waals surface area contributed by atoms with Crippen molar-refractivity contribution in [3.05, 3.63) is 53.6 Å². The Morgan fingerprint density at radius 2 is 2.10 bits per heavy atom. The SMILES string of the molecule is COc1ccc(-c2cn(-c3cccc(Cl)n3)nn2)cc1F. The summed E-state index contributed by atoms with van der Waals surface area (Å²) >= 11 is 5.84. The molecule has 2 aromatic heterocycles. The van der Waals surface area contributed by atoms with Crippen molar-refractivity contribution in [2.75, 3.05) is 7.11 Å². The minimum atomic E-state index is -0.453. The lowest BCUT2D eigenvalue weighted by atomic mass is 10.1. The molecule has 0 aliphatic heterocycles. The molecular formula is C14H10ClFN4O. The first-order chi connectivity index (χ1) is 10.2. The smallest absolute Gasteiger partial charge is 0.165 e. The Hall–Kier alpha value is -2.47. The van der Waals surface area contributed by atoms with E-state index in [1.165, 1.54) is 17.9 Å². The number of hydrogen-bond acceptors (Lipinski definition) is 4. The summed E-state index contributed by atoms with van der Waals surface area (Å²) in [6, 6.07) is 9.78. The molecule has 0 bridgehead atoms. The quantitative estimate of drug-likeness (QED) is 0.698. The van der Waals surface area contributed by atoms with E-state index in [4.69, 9.17) is 16.3 Å². The fourth-order valence-electron chi connectivity index (χ4n) is 1.86. The predicted molar refractivity (Wildman–Crippen MR) is 76.1 cm³/mol. The molecule has 0 aliphatic rings. The molecule has 3 rings (SSSR count). The van der Waals surface area contributed by atoms with Crippen LogP contribution >= 0.6 is 11.6 Å². The Morgan fingerprint density at radius 1 is 1.24 bits per heavy atom. The van der Waals surface area contributed by atoms with Crippen molar-refractivity contribution in [2.24, 2.45) is 0 Å². The number of ether oxygens (including phenoxy) is 1. The number of halogens is 2. The molecule has 2 heterocycles. The molecule has 0 saturated carbocycles. The monoisotopic (exact) mass is 304 g/mol. The zero-order chi connectivity index (χ0) is 14.8. The molecule has 0 saturated heterocycles. The van der Waals surface area contributed by atoms with Crippen LogP contribution in [0.5, 0.6) is 5.75 Å². The minimum absolute atomic E-state index is 0.183. The second-order valence-electron chi connectivity index (χ2n) is 4.22. The van der Waals surface area contributed by atoms with E-state index < -0.39 is 5.82 Å². The van der Waals surface area contributed by atoms with Crippen LogP contribution in [-0.2, 0) is 0 Å². The number of benzene rings is 1. The zero-order valence-corrected chi connectivity index (χ0v) is 11.8. The van der Waals surface area contributed by atoms with Gasteiger partial charge in [-0.2, -0.15) is 0 Å². The molecule has 1 aromatic carbocycles. The van der Waals surface area contributed by atoms with Crippen LogP contribution in [0.15, 0.2) is 42.6 Å². The lowest BCUT2D eigenvalue weighted by molar-refractivity contribution is 0.386. The highest BCUT2D eigenvalue weighted by Gasteiger charge is 2.10. The van der Waals surface area contributed by atoms with Crippen LogP contribution < -0.4 is 4.74 Å². The van der Waals surface area contributed by atoms with Crippen molar-refractivity contribution in [1.82, 2.24) is 20.0 Å². The fourth-order valence-corrected chi connectivity index (χ4v) is 2.02. The molecule has 7 heteroatoms. The first-order valence-corrected chi connectivity index (χ1v) is 6.44. The number of methoxy groups -OCH3 is 1. The number of hydrogen-bond donors (Lipinski definition) is 0. The largest absolute Gasteiger partial charge is 0.494 e. The molecule has 5 nitrogen and oxygen atoms in total. The number of nitrogens with zero attached hydrogens (tertiary/aromatic N) is 4. The zero-order valence-electron chi connectivity index (χ0n) is 11.0. The Bertz CT molecular complexity index is 790. The second-order valence-corrected chi connectivity index (χ2v) is 4.60. The molecule has 0 spiro atoms. The molecular weight excluding hydrogens is 295 g/mol. The highest BCUT2D eigenvalue weighted by Crippen LogP contribution is 2.24. The Labute approximate surface area is 125 Å².